The molecule has 0 spiro atoms. The zero-order valence-electron chi connectivity index (χ0n) is 37.5. The van der Waals surface area contributed by atoms with Gasteiger partial charge in [-0.3, -0.25) is 9.98 Å². The number of nitrogens with zero attached hydrogens (tertiary/aromatic N) is 2. The highest BCUT2D eigenvalue weighted by Crippen LogP contribution is 2.39. The summed E-state index contributed by atoms with van der Waals surface area (Å²) >= 11 is 0. The number of ether oxygens (including phenoxy) is 6. The summed E-state index contributed by atoms with van der Waals surface area (Å²) in [6.07, 6.45) is 4.67. The summed E-state index contributed by atoms with van der Waals surface area (Å²) in [5.74, 6) is 2.16. The Labute approximate surface area is 395 Å². The predicted molar refractivity (Wildman–Crippen MR) is 261 cm³/mol. The second-order valence-electron chi connectivity index (χ2n) is 16.4. The molecular formula is C56H52N2O10. The summed E-state index contributed by atoms with van der Waals surface area (Å²) in [6.45, 7) is 1.78. The van der Waals surface area contributed by atoms with Crippen LogP contribution in [0.25, 0.3) is 0 Å². The van der Waals surface area contributed by atoms with Crippen molar-refractivity contribution >= 4 is 23.8 Å². The largest absolute Gasteiger partial charge is 0.507 e. The number of aliphatic imine (C=N–C) groups is 2. The Hall–Kier alpha value is -7.80. The zero-order valence-corrected chi connectivity index (χ0v) is 37.5. The second kappa shape index (κ2) is 21.7. The van der Waals surface area contributed by atoms with Crippen molar-refractivity contribution < 1.29 is 48.8 Å². The summed E-state index contributed by atoms with van der Waals surface area (Å²) < 4.78 is 36.8. The molecule has 0 radical (unpaired) electrons. The molecule has 0 amide bonds. The fourth-order valence-electron chi connectivity index (χ4n) is 8.40. The lowest BCUT2D eigenvalue weighted by molar-refractivity contribution is 0.0753. The van der Waals surface area contributed by atoms with Crippen molar-refractivity contribution in [2.75, 3.05) is 52.9 Å². The van der Waals surface area contributed by atoms with Crippen molar-refractivity contribution in [2.45, 2.75) is 25.7 Å². The minimum absolute atomic E-state index is 0.0678. The molecule has 2 aliphatic heterocycles. The molecule has 12 nitrogen and oxygen atoms in total. The number of phenols is 4. The zero-order chi connectivity index (χ0) is 46.7. The molecule has 7 aromatic carbocycles. The van der Waals surface area contributed by atoms with Gasteiger partial charge in [-0.05, 0) is 80.9 Å². The smallest absolute Gasteiger partial charge is 0.166 e. The standard InChI is InChI=1S/C56H52N2O10/c59-51-37-9-3-11-39(51)33-43-15-6-16-44-34-40-12-4-10-38(52(40)60)32-42-14-5-13-41(31-37)55(42)67-29-25-63-23-27-65-49-21-7-17-45(53(49)61)35-57-47-19-1-2-20-48(47)58-36-46-18-8-22-50(54(46)62)66-28-24-64-26-30-68-56(43)44/h1-22,35-36,59-62H,23-34H2. The van der Waals surface area contributed by atoms with Crippen LogP contribution in [0.5, 0.6) is 46.0 Å². The molecule has 14 bridgehead atoms. The fraction of sp³-hybridized carbons (Fsp3) is 0.214. The highest BCUT2D eigenvalue weighted by molar-refractivity contribution is 5.90. The third kappa shape index (κ3) is 10.7. The summed E-state index contributed by atoms with van der Waals surface area (Å²) in [4.78, 5) is 9.25. The molecule has 12 heteroatoms. The van der Waals surface area contributed by atoms with Gasteiger partial charge in [0.15, 0.2) is 23.0 Å². The van der Waals surface area contributed by atoms with Gasteiger partial charge in [-0.2, -0.15) is 0 Å². The molecule has 68 heavy (non-hydrogen) atoms. The van der Waals surface area contributed by atoms with Crippen molar-refractivity contribution in [3.63, 3.8) is 0 Å². The molecule has 0 saturated carbocycles. The molecule has 4 N–H and O–H groups in total. The van der Waals surface area contributed by atoms with Crippen LogP contribution in [0.1, 0.15) is 55.6 Å². The van der Waals surface area contributed by atoms with Gasteiger partial charge >= 0.3 is 0 Å². The van der Waals surface area contributed by atoms with Crippen molar-refractivity contribution in [2.24, 2.45) is 9.98 Å². The third-order valence-corrected chi connectivity index (χ3v) is 11.8. The SMILES string of the molecule is Oc1c2cccc1Cc1cccc3c1OCCOCCOc1cccc(c1O)C=Nc1ccccc1N=Cc1cccc(c1O)OCCOCCOc1c(cccc1Cc1cccc(c1O)C3)C2. The third-order valence-electron chi connectivity index (χ3n) is 11.8. The summed E-state index contributed by atoms with van der Waals surface area (Å²) in [7, 11) is 0. The molecule has 3 aliphatic rings. The van der Waals surface area contributed by atoms with E-state index in [0.29, 0.717) is 59.7 Å². The van der Waals surface area contributed by atoms with Crippen LogP contribution in [0, 0.1) is 0 Å². The maximum Gasteiger partial charge on any atom is 0.166 e. The van der Waals surface area contributed by atoms with Crippen LogP contribution in [0.15, 0.2) is 143 Å². The van der Waals surface area contributed by atoms with E-state index in [1.807, 2.05) is 84.9 Å². The molecule has 0 atom stereocenters. The normalized spacial score (nSPS) is 14.8. The first-order valence-electron chi connectivity index (χ1n) is 22.7. The quantitative estimate of drug-likeness (QED) is 0.108. The molecule has 7 aromatic rings. The molecule has 346 valence electrons. The number of hydrogen-bond donors (Lipinski definition) is 4. The summed E-state index contributed by atoms with van der Waals surface area (Å²) in [5.41, 5.74) is 8.49. The van der Waals surface area contributed by atoms with Crippen molar-refractivity contribution in [3.8, 4) is 46.0 Å². The second-order valence-corrected chi connectivity index (χ2v) is 16.4. The minimum Gasteiger partial charge on any atom is -0.507 e. The number of benzene rings is 7. The topological polar surface area (TPSA) is 161 Å². The Morgan fingerprint density at radius 2 is 0.632 bits per heavy atom. The van der Waals surface area contributed by atoms with E-state index in [0.717, 1.165) is 44.5 Å². The van der Waals surface area contributed by atoms with Gasteiger partial charge in [0.2, 0.25) is 0 Å². The lowest BCUT2D eigenvalue weighted by atomic mass is 9.91. The van der Waals surface area contributed by atoms with Crippen LogP contribution in [0.3, 0.4) is 0 Å². The van der Waals surface area contributed by atoms with E-state index < -0.39 is 0 Å². The van der Waals surface area contributed by atoms with E-state index in [1.165, 1.54) is 0 Å². The highest BCUT2D eigenvalue weighted by atomic mass is 16.6. The molecule has 1 aliphatic carbocycles. The molecule has 0 fully saturated rings. The van der Waals surface area contributed by atoms with E-state index in [1.54, 1.807) is 61.0 Å². The van der Waals surface area contributed by atoms with Gasteiger partial charge in [0.25, 0.3) is 0 Å². The maximum atomic E-state index is 11.8. The molecule has 2 heterocycles. The summed E-state index contributed by atoms with van der Waals surface area (Å²) in [6, 6.07) is 41.2. The highest BCUT2D eigenvalue weighted by Gasteiger charge is 2.21. The number of rotatable bonds is 0. The van der Waals surface area contributed by atoms with Gasteiger partial charge < -0.3 is 48.8 Å². The maximum absolute atomic E-state index is 11.8. The van der Waals surface area contributed by atoms with Crippen molar-refractivity contribution in [3.05, 3.63) is 189 Å². The Balaban J connectivity index is 1.02. The molecule has 0 saturated heterocycles. The minimum atomic E-state index is -0.0678. The molecule has 0 aromatic heterocycles. The van der Waals surface area contributed by atoms with Gasteiger partial charge in [-0.15, -0.1) is 0 Å². The van der Waals surface area contributed by atoms with E-state index in [2.05, 4.69) is 9.98 Å². The van der Waals surface area contributed by atoms with Gasteiger partial charge in [0.1, 0.15) is 49.4 Å². The Morgan fingerprint density at radius 1 is 0.309 bits per heavy atom. The lowest BCUT2D eigenvalue weighted by Gasteiger charge is -2.20. The van der Waals surface area contributed by atoms with Crippen LogP contribution in [-0.4, -0.2) is 85.7 Å². The van der Waals surface area contributed by atoms with Crippen LogP contribution >= 0.6 is 0 Å². The molecule has 0 unspecified atom stereocenters. The molecule has 10 rings (SSSR count). The monoisotopic (exact) mass is 912 g/mol. The predicted octanol–water partition coefficient (Wildman–Crippen LogP) is 9.95. The fourth-order valence-corrected chi connectivity index (χ4v) is 8.40. The lowest BCUT2D eigenvalue weighted by Crippen LogP contribution is -2.14. The van der Waals surface area contributed by atoms with Crippen molar-refractivity contribution in [1.29, 1.82) is 0 Å². The average Bonchev–Trinajstić information content (AvgIpc) is 3.34. The Kier molecular flexibility index (Phi) is 14.5. The first-order chi connectivity index (χ1) is 33.4. The van der Waals surface area contributed by atoms with E-state index >= 15 is 0 Å². The average molecular weight is 913 g/mol. The summed E-state index contributed by atoms with van der Waals surface area (Å²) in [5, 5.41) is 45.9. The van der Waals surface area contributed by atoms with E-state index in [9.17, 15) is 20.4 Å². The number of fused-ring (bicyclic) bond motifs is 12. The van der Waals surface area contributed by atoms with Crippen LogP contribution < -0.4 is 18.9 Å². The van der Waals surface area contributed by atoms with Crippen LogP contribution in [0.2, 0.25) is 0 Å². The number of phenolic OH excluding ortho intramolecular Hbond substituents is 4. The van der Waals surface area contributed by atoms with Crippen LogP contribution in [-0.2, 0) is 35.2 Å². The van der Waals surface area contributed by atoms with E-state index in [-0.39, 0.29) is 87.4 Å². The van der Waals surface area contributed by atoms with Crippen molar-refractivity contribution in [1.82, 2.24) is 0 Å². The molecular weight excluding hydrogens is 861 g/mol. The Bertz CT molecular complexity index is 2670. The Morgan fingerprint density at radius 3 is 1.00 bits per heavy atom. The van der Waals surface area contributed by atoms with Gasteiger partial charge in [0, 0.05) is 49.2 Å². The van der Waals surface area contributed by atoms with Crippen LogP contribution in [0.4, 0.5) is 11.4 Å². The number of hydrogen-bond acceptors (Lipinski definition) is 12. The first kappa shape index (κ1) is 45.4. The van der Waals surface area contributed by atoms with Gasteiger partial charge in [-0.1, -0.05) is 97.1 Å². The number of para-hydroxylation sites is 8. The van der Waals surface area contributed by atoms with Gasteiger partial charge in [0.05, 0.1) is 37.8 Å². The van der Waals surface area contributed by atoms with E-state index in [4.69, 9.17) is 28.4 Å². The first-order valence-corrected chi connectivity index (χ1v) is 22.7. The van der Waals surface area contributed by atoms with Gasteiger partial charge in [-0.25, -0.2) is 0 Å². The number of aromatic hydroxyl groups is 4.